The predicted octanol–water partition coefficient (Wildman–Crippen LogP) is -1.10. The number of hydrogen-bond acceptors (Lipinski definition) is 4. The molecule has 0 saturated carbocycles. The first-order valence-corrected chi connectivity index (χ1v) is 1.58. The van der Waals surface area contributed by atoms with Gasteiger partial charge in [-0.15, -0.1) is 5.10 Å². The molecule has 7 heavy (non-hydrogen) atoms. The number of amidine groups is 1. The van der Waals surface area contributed by atoms with Gasteiger partial charge in [-0.25, -0.2) is 0 Å². The van der Waals surface area contributed by atoms with Gasteiger partial charge in [0.15, 0.2) is 0 Å². The Morgan fingerprint density at radius 2 is 2.29 bits per heavy atom. The second-order valence-electron chi connectivity index (χ2n) is 0.980. The van der Waals surface area contributed by atoms with Gasteiger partial charge in [0.2, 0.25) is 0 Å². The van der Waals surface area contributed by atoms with Crippen molar-refractivity contribution in [3.8, 4) is 0 Å². The lowest BCUT2D eigenvalue weighted by Crippen LogP contribution is -2.10. The van der Waals surface area contributed by atoms with Crippen molar-refractivity contribution in [2.24, 2.45) is 21.2 Å². The summed E-state index contributed by atoms with van der Waals surface area (Å²) >= 11 is 0. The van der Waals surface area contributed by atoms with Gasteiger partial charge in [-0.2, -0.15) is 5.11 Å². The highest BCUT2D eigenvalue weighted by Crippen LogP contribution is 1.85. The van der Waals surface area contributed by atoms with Crippen molar-refractivity contribution < 1.29 is 5.48 Å². The van der Waals surface area contributed by atoms with E-state index in [1.807, 2.05) is 0 Å². The molecule has 0 aromatic heterocycles. The molecule has 5 nitrogen and oxygen atoms in total. The van der Waals surface area contributed by atoms with Crippen LogP contribution >= 0.6 is 0 Å². The number of nitrogens with two attached hydrogens (primary N) is 1. The van der Waals surface area contributed by atoms with Crippen molar-refractivity contribution in [3.63, 3.8) is 0 Å². The number of rotatable bonds is 0. The number of hydrogen-bond donors (Lipinski definition) is 1. The van der Waals surface area contributed by atoms with Crippen LogP contribution in [0.1, 0.15) is 0 Å². The summed E-state index contributed by atoms with van der Waals surface area (Å²) in [5.41, 5.74) is 5.10. The number of nitrogens with zero attached hydrogens (tertiary/aromatic N) is 3. The highest BCUT2D eigenvalue weighted by molar-refractivity contribution is 5.82. The van der Waals surface area contributed by atoms with Crippen molar-refractivity contribution in [2.75, 3.05) is 6.54 Å². The smallest absolute Gasteiger partial charge is 0.147 e. The van der Waals surface area contributed by atoms with Crippen LogP contribution in [0.4, 0.5) is 0 Å². The Labute approximate surface area is 40.2 Å². The summed E-state index contributed by atoms with van der Waals surface area (Å²) < 4.78 is 0. The second-order valence-corrected chi connectivity index (χ2v) is 0.980. The summed E-state index contributed by atoms with van der Waals surface area (Å²) in [6.45, 7) is 0.472. The average Bonchev–Trinajstić information content (AvgIpc) is 1.86. The molecular formula is C2H6N4O. The Morgan fingerprint density at radius 1 is 1.57 bits per heavy atom. The van der Waals surface area contributed by atoms with Crippen LogP contribution in [0, 0.1) is 0 Å². The molecule has 0 aliphatic carbocycles. The Kier molecular flexibility index (Phi) is 1.94. The van der Waals surface area contributed by atoms with Crippen molar-refractivity contribution in [2.45, 2.75) is 0 Å². The quantitative estimate of drug-likeness (QED) is 0.413. The lowest BCUT2D eigenvalue weighted by Gasteiger charge is -1.73. The highest BCUT2D eigenvalue weighted by Gasteiger charge is 1.92. The van der Waals surface area contributed by atoms with Gasteiger partial charge in [-0.3, -0.25) is 0 Å². The van der Waals surface area contributed by atoms with E-state index in [9.17, 15) is 0 Å². The van der Waals surface area contributed by atoms with E-state index in [2.05, 4.69) is 15.4 Å². The van der Waals surface area contributed by atoms with Crippen LogP contribution in [-0.4, -0.2) is 17.9 Å². The van der Waals surface area contributed by atoms with Crippen LogP contribution in [0.15, 0.2) is 15.4 Å². The molecule has 0 atom stereocenters. The predicted molar refractivity (Wildman–Crippen MR) is 25.0 cm³/mol. The maximum atomic E-state index is 5.10. The Balaban J connectivity index is 0.000000360. The first kappa shape index (κ1) is 6.03. The molecule has 1 aliphatic rings. The van der Waals surface area contributed by atoms with Gasteiger partial charge < -0.3 is 11.2 Å². The standard InChI is InChI=1S/C2H4N4.H2O/c3-2-1-4-6-5-2;/h1H2,(H2,3,4,5);1H2. The van der Waals surface area contributed by atoms with Crippen molar-refractivity contribution in [1.82, 2.24) is 0 Å². The minimum atomic E-state index is 0. The van der Waals surface area contributed by atoms with Gasteiger partial charge >= 0.3 is 0 Å². The van der Waals surface area contributed by atoms with Gasteiger partial charge in [-0.1, -0.05) is 0 Å². The monoisotopic (exact) mass is 102 g/mol. The molecule has 4 N–H and O–H groups in total. The summed E-state index contributed by atoms with van der Waals surface area (Å²) in [7, 11) is 0. The Bertz CT molecular complexity index is 106. The summed E-state index contributed by atoms with van der Waals surface area (Å²) in [6.07, 6.45) is 0. The average molecular weight is 102 g/mol. The third kappa shape index (κ3) is 1.27. The molecular weight excluding hydrogens is 96.0 g/mol. The fraction of sp³-hybridized carbons (Fsp3) is 0.500. The van der Waals surface area contributed by atoms with Gasteiger partial charge in [-0.05, 0) is 5.22 Å². The van der Waals surface area contributed by atoms with E-state index >= 15 is 0 Å². The van der Waals surface area contributed by atoms with E-state index in [0.29, 0.717) is 12.4 Å². The van der Waals surface area contributed by atoms with E-state index < -0.39 is 0 Å². The highest BCUT2D eigenvalue weighted by atomic mass is 16.0. The summed E-state index contributed by atoms with van der Waals surface area (Å²) in [5.74, 6) is 0.495. The molecule has 0 amide bonds. The summed E-state index contributed by atoms with van der Waals surface area (Å²) in [6, 6.07) is 0. The van der Waals surface area contributed by atoms with Crippen LogP contribution in [0.3, 0.4) is 0 Å². The van der Waals surface area contributed by atoms with Crippen LogP contribution in [0.25, 0.3) is 0 Å². The molecule has 0 spiro atoms. The van der Waals surface area contributed by atoms with Gasteiger partial charge in [0, 0.05) is 0 Å². The van der Waals surface area contributed by atoms with E-state index in [1.165, 1.54) is 0 Å². The summed E-state index contributed by atoms with van der Waals surface area (Å²) in [4.78, 5) is 0. The van der Waals surface area contributed by atoms with E-state index in [0.717, 1.165) is 0 Å². The zero-order chi connectivity index (χ0) is 4.41. The SMILES string of the molecule is NC1=NN=NC1.O. The molecule has 5 heteroatoms. The largest absolute Gasteiger partial charge is 0.412 e. The Hall–Kier alpha value is -0.970. The van der Waals surface area contributed by atoms with Crippen LogP contribution in [-0.2, 0) is 0 Å². The van der Waals surface area contributed by atoms with E-state index in [4.69, 9.17) is 5.73 Å². The molecule has 1 heterocycles. The molecule has 0 bridgehead atoms. The third-order valence-corrected chi connectivity index (χ3v) is 0.469. The maximum absolute atomic E-state index is 5.10. The molecule has 0 aromatic rings. The van der Waals surface area contributed by atoms with Crippen molar-refractivity contribution in [1.29, 1.82) is 0 Å². The van der Waals surface area contributed by atoms with Crippen molar-refractivity contribution in [3.05, 3.63) is 0 Å². The maximum Gasteiger partial charge on any atom is 0.147 e. The first-order valence-electron chi connectivity index (χ1n) is 1.58. The van der Waals surface area contributed by atoms with Gasteiger partial charge in [0.05, 0.1) is 0 Å². The normalized spacial score (nSPS) is 15.7. The fourth-order valence-electron chi connectivity index (χ4n) is 0.225. The zero-order valence-corrected chi connectivity index (χ0v) is 3.63. The Morgan fingerprint density at radius 3 is 2.43 bits per heavy atom. The minimum Gasteiger partial charge on any atom is -0.412 e. The van der Waals surface area contributed by atoms with E-state index in [-0.39, 0.29) is 5.48 Å². The second kappa shape index (κ2) is 2.25. The topological polar surface area (TPSA) is 94.6 Å². The molecule has 0 saturated heterocycles. The molecule has 0 radical (unpaired) electrons. The fourth-order valence-corrected chi connectivity index (χ4v) is 0.225. The summed E-state index contributed by atoms with van der Waals surface area (Å²) in [5, 5.41) is 10.1. The minimum absolute atomic E-state index is 0. The molecule has 1 aliphatic heterocycles. The molecule has 40 valence electrons. The molecule has 0 unspecified atom stereocenters. The van der Waals surface area contributed by atoms with Crippen LogP contribution in [0.2, 0.25) is 0 Å². The lowest BCUT2D eigenvalue weighted by atomic mass is 10.6. The molecule has 0 aromatic carbocycles. The van der Waals surface area contributed by atoms with E-state index in [1.54, 1.807) is 0 Å². The zero-order valence-electron chi connectivity index (χ0n) is 3.63. The van der Waals surface area contributed by atoms with Gasteiger partial charge in [0.1, 0.15) is 12.4 Å². The molecule has 1 rings (SSSR count). The van der Waals surface area contributed by atoms with Crippen LogP contribution < -0.4 is 5.73 Å². The molecule has 0 fully saturated rings. The lowest BCUT2D eigenvalue weighted by molar-refractivity contribution is 0.824. The van der Waals surface area contributed by atoms with Crippen molar-refractivity contribution >= 4 is 5.84 Å². The van der Waals surface area contributed by atoms with Gasteiger partial charge in [0.25, 0.3) is 0 Å². The third-order valence-electron chi connectivity index (χ3n) is 0.469. The van der Waals surface area contributed by atoms with Crippen LogP contribution in [0.5, 0.6) is 0 Å². The first-order chi connectivity index (χ1) is 2.89.